The summed E-state index contributed by atoms with van der Waals surface area (Å²) in [5, 5.41) is 0.959. The summed E-state index contributed by atoms with van der Waals surface area (Å²) in [7, 11) is 4.33. The Bertz CT molecular complexity index is 433. The zero-order valence-corrected chi connectivity index (χ0v) is 11.4. The fraction of sp³-hybridized carbons (Fsp3) is 0.333. The van der Waals surface area contributed by atoms with Gasteiger partial charge in [-0.2, -0.15) is 13.2 Å². The highest BCUT2D eigenvalue weighted by Crippen LogP contribution is 2.39. The Morgan fingerprint density at radius 1 is 1.00 bits per heavy atom. The molecule has 0 aliphatic carbocycles. The lowest BCUT2D eigenvalue weighted by molar-refractivity contribution is -0.0319. The van der Waals surface area contributed by atoms with Crippen LogP contribution in [0.2, 0.25) is 0 Å². The number of rotatable bonds is 5. The Balaban J connectivity index is 3.03. The van der Waals surface area contributed by atoms with Crippen molar-refractivity contribution in [2.75, 3.05) is 21.3 Å². The maximum Gasteiger partial charge on any atom is 0.445 e. The van der Waals surface area contributed by atoms with Gasteiger partial charge in [-0.25, -0.2) is 0 Å². The van der Waals surface area contributed by atoms with Gasteiger partial charge >= 0.3 is 5.51 Å². The van der Waals surface area contributed by atoms with E-state index < -0.39 is 5.51 Å². The van der Waals surface area contributed by atoms with Gasteiger partial charge in [0.25, 0.3) is 0 Å². The van der Waals surface area contributed by atoms with Crippen molar-refractivity contribution in [3.8, 4) is 17.2 Å². The van der Waals surface area contributed by atoms with Crippen molar-refractivity contribution in [3.63, 3.8) is 0 Å². The molecule has 1 aromatic carbocycles. The maximum absolute atomic E-state index is 12.0. The van der Waals surface area contributed by atoms with Crippen molar-refractivity contribution in [1.29, 1.82) is 0 Å². The third kappa shape index (κ3) is 4.59. The third-order valence-corrected chi connectivity index (χ3v) is 2.69. The largest absolute Gasteiger partial charge is 0.493 e. The Morgan fingerprint density at radius 3 is 1.89 bits per heavy atom. The number of hydrogen-bond donors (Lipinski definition) is 0. The standard InChI is InChI=1S/C12H13F3O3S/c1-16-9-6-8(4-5-19-12(13,14)15)7-10(17-2)11(9)18-3/h4-7H,1-3H3/b5-4+. The summed E-state index contributed by atoms with van der Waals surface area (Å²) in [6.07, 6.45) is 1.32. The Morgan fingerprint density at radius 2 is 1.53 bits per heavy atom. The number of ether oxygens (including phenoxy) is 3. The smallest absolute Gasteiger partial charge is 0.445 e. The van der Waals surface area contributed by atoms with Crippen LogP contribution in [0.25, 0.3) is 6.08 Å². The number of thioether (sulfide) groups is 1. The van der Waals surface area contributed by atoms with Gasteiger partial charge in [0.05, 0.1) is 21.3 Å². The lowest BCUT2D eigenvalue weighted by Gasteiger charge is -2.12. The minimum atomic E-state index is -4.29. The van der Waals surface area contributed by atoms with E-state index in [1.165, 1.54) is 27.4 Å². The van der Waals surface area contributed by atoms with E-state index in [-0.39, 0.29) is 11.8 Å². The van der Waals surface area contributed by atoms with Gasteiger partial charge in [-0.1, -0.05) is 0 Å². The van der Waals surface area contributed by atoms with Crippen LogP contribution < -0.4 is 14.2 Å². The third-order valence-electron chi connectivity index (χ3n) is 2.15. The molecular formula is C12H13F3O3S. The molecule has 0 fully saturated rings. The van der Waals surface area contributed by atoms with E-state index in [0.717, 1.165) is 5.41 Å². The predicted molar refractivity (Wildman–Crippen MR) is 68.8 cm³/mol. The first-order chi connectivity index (χ1) is 8.91. The van der Waals surface area contributed by atoms with Gasteiger partial charge in [-0.05, 0) is 40.9 Å². The molecule has 0 radical (unpaired) electrons. The molecule has 0 aliphatic heterocycles. The van der Waals surface area contributed by atoms with Crippen LogP contribution in [0.5, 0.6) is 17.2 Å². The first-order valence-electron chi connectivity index (χ1n) is 5.12. The fourth-order valence-corrected chi connectivity index (χ4v) is 1.77. The summed E-state index contributed by atoms with van der Waals surface area (Å²) in [6.45, 7) is 0. The quantitative estimate of drug-likeness (QED) is 0.822. The fourth-order valence-electron chi connectivity index (χ4n) is 1.39. The van der Waals surface area contributed by atoms with Crippen molar-refractivity contribution < 1.29 is 27.4 Å². The van der Waals surface area contributed by atoms with Crippen LogP contribution >= 0.6 is 11.8 Å². The lowest BCUT2D eigenvalue weighted by atomic mass is 10.2. The minimum Gasteiger partial charge on any atom is -0.493 e. The lowest BCUT2D eigenvalue weighted by Crippen LogP contribution is -1.96. The molecule has 7 heteroatoms. The van der Waals surface area contributed by atoms with Gasteiger partial charge in [-0.15, -0.1) is 0 Å². The highest BCUT2D eigenvalue weighted by molar-refractivity contribution is 8.03. The van der Waals surface area contributed by atoms with Crippen molar-refractivity contribution in [2.45, 2.75) is 5.51 Å². The highest BCUT2D eigenvalue weighted by Gasteiger charge is 2.26. The molecule has 0 N–H and O–H groups in total. The second-order valence-electron chi connectivity index (χ2n) is 3.33. The Hall–Kier alpha value is -1.50. The van der Waals surface area contributed by atoms with E-state index in [1.807, 2.05) is 0 Å². The van der Waals surface area contributed by atoms with Gasteiger partial charge in [0.1, 0.15) is 0 Å². The molecule has 0 amide bonds. The predicted octanol–water partition coefficient (Wildman–Crippen LogP) is 3.94. The van der Waals surface area contributed by atoms with Crippen molar-refractivity contribution in [1.82, 2.24) is 0 Å². The summed E-state index contributed by atoms with van der Waals surface area (Å²) < 4.78 is 51.3. The van der Waals surface area contributed by atoms with Crippen LogP contribution in [0.4, 0.5) is 13.2 Å². The topological polar surface area (TPSA) is 27.7 Å². The molecule has 0 aromatic heterocycles. The van der Waals surface area contributed by atoms with Crippen molar-refractivity contribution in [2.24, 2.45) is 0 Å². The van der Waals surface area contributed by atoms with Gasteiger partial charge < -0.3 is 14.2 Å². The average molecular weight is 294 g/mol. The summed E-state index contributed by atoms with van der Waals surface area (Å²) in [5.41, 5.74) is -3.77. The minimum absolute atomic E-state index is 0.228. The SMILES string of the molecule is COc1cc(/C=C/SC(F)(F)F)cc(OC)c1OC. The number of alkyl halides is 3. The number of hydrogen-bond acceptors (Lipinski definition) is 4. The maximum atomic E-state index is 12.0. The van der Waals surface area contributed by atoms with Crippen LogP contribution in [-0.2, 0) is 0 Å². The van der Waals surface area contributed by atoms with Crippen LogP contribution in [0.1, 0.15) is 5.56 Å². The van der Waals surface area contributed by atoms with E-state index in [4.69, 9.17) is 14.2 Å². The van der Waals surface area contributed by atoms with Gasteiger partial charge in [0.15, 0.2) is 11.5 Å². The van der Waals surface area contributed by atoms with Crippen LogP contribution in [-0.4, -0.2) is 26.8 Å². The normalized spacial score (nSPS) is 11.7. The molecule has 3 nitrogen and oxygen atoms in total. The summed E-state index contributed by atoms with van der Waals surface area (Å²) >= 11 is -0.228. The van der Waals surface area contributed by atoms with E-state index in [9.17, 15) is 13.2 Å². The summed E-state index contributed by atoms with van der Waals surface area (Å²) in [6, 6.07) is 3.13. The molecule has 0 bridgehead atoms. The molecule has 19 heavy (non-hydrogen) atoms. The zero-order chi connectivity index (χ0) is 14.5. The van der Waals surface area contributed by atoms with E-state index >= 15 is 0 Å². The highest BCUT2D eigenvalue weighted by atomic mass is 32.2. The molecule has 0 heterocycles. The molecule has 0 unspecified atom stereocenters. The van der Waals surface area contributed by atoms with Gasteiger partial charge in [0, 0.05) is 0 Å². The molecule has 0 aliphatic rings. The van der Waals surface area contributed by atoms with Crippen LogP contribution in [0.3, 0.4) is 0 Å². The molecule has 0 saturated carbocycles. The van der Waals surface area contributed by atoms with Crippen LogP contribution in [0.15, 0.2) is 17.5 Å². The average Bonchev–Trinajstić information content (AvgIpc) is 2.35. The number of halogens is 3. The van der Waals surface area contributed by atoms with Crippen molar-refractivity contribution in [3.05, 3.63) is 23.1 Å². The van der Waals surface area contributed by atoms with E-state index in [1.54, 1.807) is 12.1 Å². The van der Waals surface area contributed by atoms with Gasteiger partial charge in [0.2, 0.25) is 5.75 Å². The van der Waals surface area contributed by atoms with Crippen molar-refractivity contribution >= 4 is 17.8 Å². The molecule has 0 atom stereocenters. The summed E-state index contributed by atoms with van der Waals surface area (Å²) in [4.78, 5) is 0. The molecule has 1 rings (SSSR count). The van der Waals surface area contributed by atoms with Gasteiger partial charge in [-0.3, -0.25) is 0 Å². The molecule has 1 aromatic rings. The second kappa shape index (κ2) is 6.60. The molecular weight excluding hydrogens is 281 g/mol. The summed E-state index contributed by atoms with van der Waals surface area (Å²) in [5.74, 6) is 1.17. The van der Waals surface area contributed by atoms with E-state index in [0.29, 0.717) is 22.8 Å². The monoisotopic (exact) mass is 294 g/mol. The van der Waals surface area contributed by atoms with Crippen LogP contribution in [0, 0.1) is 0 Å². The van der Waals surface area contributed by atoms with E-state index in [2.05, 4.69) is 0 Å². The first-order valence-corrected chi connectivity index (χ1v) is 6.00. The molecule has 0 spiro atoms. The number of benzene rings is 1. The number of methoxy groups -OCH3 is 3. The Kier molecular flexibility index (Phi) is 5.41. The molecule has 0 saturated heterocycles. The Labute approximate surface area is 113 Å². The first kappa shape index (κ1) is 15.6. The molecule has 106 valence electrons. The second-order valence-corrected chi connectivity index (χ2v) is 4.30. The zero-order valence-electron chi connectivity index (χ0n) is 10.6.